The Morgan fingerprint density at radius 1 is 1.41 bits per heavy atom. The Balaban J connectivity index is 2.65. The molecule has 0 radical (unpaired) electrons. The van der Waals surface area contributed by atoms with Crippen molar-refractivity contribution in [2.24, 2.45) is 5.92 Å². The maximum atomic E-state index is 12.6. The van der Waals surface area contributed by atoms with Crippen molar-refractivity contribution in [1.29, 1.82) is 0 Å². The van der Waals surface area contributed by atoms with Gasteiger partial charge in [0, 0.05) is 20.2 Å². The third kappa shape index (κ3) is 5.71. The van der Waals surface area contributed by atoms with Gasteiger partial charge in [0.05, 0.1) is 25.0 Å². The first-order valence-electron chi connectivity index (χ1n) is 6.61. The maximum absolute atomic E-state index is 12.6. The van der Waals surface area contributed by atoms with Crippen molar-refractivity contribution in [3.05, 3.63) is 0 Å². The van der Waals surface area contributed by atoms with Crippen LogP contribution in [0.25, 0.3) is 0 Å². The number of ether oxygens (including phenoxy) is 1. The van der Waals surface area contributed by atoms with Crippen LogP contribution < -0.4 is 4.72 Å². The van der Waals surface area contributed by atoms with Crippen molar-refractivity contribution in [3.63, 3.8) is 0 Å². The molecule has 0 amide bonds. The number of piperidine rings is 1. The molecule has 130 valence electrons. The smallest absolute Gasteiger partial charge is 0.391 e. The number of hydrogen-bond donors (Lipinski definition) is 2. The lowest BCUT2D eigenvalue weighted by molar-refractivity contribution is -0.182. The van der Waals surface area contributed by atoms with Gasteiger partial charge in [-0.15, -0.1) is 0 Å². The number of halogens is 3. The number of hydrogen-bond acceptors (Lipinski definition) is 4. The standard InChI is InChI=1S/C11H19F3N2O5S/c1-21-7-9(6-10(17)18)15-22(19,20)16-4-2-8(3-5-16)11(12,13)14/h8-9,15H,2-7H2,1H3,(H,17,18)/t9-/m1/s1. The number of nitrogens with zero attached hydrogens (tertiary/aromatic N) is 1. The van der Waals surface area contributed by atoms with Crippen LogP contribution >= 0.6 is 0 Å². The van der Waals surface area contributed by atoms with E-state index in [0.717, 1.165) is 4.31 Å². The van der Waals surface area contributed by atoms with Crippen LogP contribution in [0.3, 0.4) is 0 Å². The lowest BCUT2D eigenvalue weighted by atomic mass is 9.98. The molecule has 1 aliphatic rings. The number of carboxylic acid groups (broad SMARTS) is 1. The third-order valence-corrected chi connectivity index (χ3v) is 5.04. The van der Waals surface area contributed by atoms with Crippen LogP contribution in [0.1, 0.15) is 19.3 Å². The van der Waals surface area contributed by atoms with Gasteiger partial charge in [-0.3, -0.25) is 4.79 Å². The van der Waals surface area contributed by atoms with E-state index >= 15 is 0 Å². The summed E-state index contributed by atoms with van der Waals surface area (Å²) in [5, 5.41) is 8.71. The Morgan fingerprint density at radius 3 is 2.36 bits per heavy atom. The summed E-state index contributed by atoms with van der Waals surface area (Å²) in [6, 6.07) is -0.979. The molecule has 1 rings (SSSR count). The fourth-order valence-corrected chi connectivity index (χ4v) is 3.67. The van der Waals surface area contributed by atoms with Crippen LogP contribution in [0.15, 0.2) is 0 Å². The molecular formula is C11H19F3N2O5S. The van der Waals surface area contributed by atoms with Crippen LogP contribution in [-0.2, 0) is 19.7 Å². The second-order valence-corrected chi connectivity index (χ2v) is 6.79. The number of nitrogens with one attached hydrogen (secondary N) is 1. The summed E-state index contributed by atoms with van der Waals surface area (Å²) in [6.07, 6.45) is -5.42. The van der Waals surface area contributed by atoms with Gasteiger partial charge >= 0.3 is 12.1 Å². The molecule has 22 heavy (non-hydrogen) atoms. The van der Waals surface area contributed by atoms with Gasteiger partial charge in [-0.05, 0) is 12.8 Å². The van der Waals surface area contributed by atoms with E-state index in [1.165, 1.54) is 7.11 Å². The molecule has 0 spiro atoms. The summed E-state index contributed by atoms with van der Waals surface area (Å²) in [4.78, 5) is 10.7. The highest BCUT2D eigenvalue weighted by molar-refractivity contribution is 7.87. The van der Waals surface area contributed by atoms with E-state index in [1.807, 2.05) is 0 Å². The van der Waals surface area contributed by atoms with E-state index in [9.17, 15) is 26.4 Å². The Bertz CT molecular complexity index is 475. The van der Waals surface area contributed by atoms with E-state index in [2.05, 4.69) is 4.72 Å². The summed E-state index contributed by atoms with van der Waals surface area (Å²) in [6.45, 7) is -0.664. The van der Waals surface area contributed by atoms with Crippen molar-refractivity contribution < 1.29 is 36.2 Å². The van der Waals surface area contributed by atoms with Gasteiger partial charge in [0.2, 0.25) is 0 Å². The lowest BCUT2D eigenvalue weighted by Crippen LogP contribution is -2.50. The number of aliphatic carboxylic acids is 1. The van der Waals surface area contributed by atoms with Crippen LogP contribution in [0.2, 0.25) is 0 Å². The SMILES string of the molecule is COC[C@@H](CC(=O)O)NS(=O)(=O)N1CCC(C(F)(F)F)CC1. The van der Waals surface area contributed by atoms with Gasteiger partial charge in [0.15, 0.2) is 0 Å². The van der Waals surface area contributed by atoms with Gasteiger partial charge in [-0.1, -0.05) is 0 Å². The molecule has 0 aliphatic carbocycles. The first kappa shape index (κ1) is 19.1. The number of methoxy groups -OCH3 is 1. The number of rotatable bonds is 7. The second-order valence-electron chi connectivity index (χ2n) is 5.09. The first-order valence-corrected chi connectivity index (χ1v) is 8.05. The highest BCUT2D eigenvalue weighted by Gasteiger charge is 2.43. The molecule has 1 heterocycles. The number of alkyl halides is 3. The minimum absolute atomic E-state index is 0.148. The largest absolute Gasteiger partial charge is 0.481 e. The highest BCUT2D eigenvalue weighted by Crippen LogP contribution is 2.34. The van der Waals surface area contributed by atoms with Gasteiger partial charge in [-0.2, -0.15) is 30.6 Å². The molecule has 7 nitrogen and oxygen atoms in total. The van der Waals surface area contributed by atoms with Crippen LogP contribution in [0.5, 0.6) is 0 Å². The zero-order valence-corrected chi connectivity index (χ0v) is 12.8. The normalized spacial score (nSPS) is 20.0. The monoisotopic (exact) mass is 348 g/mol. The topological polar surface area (TPSA) is 95.9 Å². The van der Waals surface area contributed by atoms with Crippen LogP contribution in [-0.4, -0.2) is 62.8 Å². The summed E-state index contributed by atoms with van der Waals surface area (Å²) in [5.41, 5.74) is 0. The maximum Gasteiger partial charge on any atom is 0.391 e. The minimum Gasteiger partial charge on any atom is -0.481 e. The fourth-order valence-electron chi connectivity index (χ4n) is 2.26. The quantitative estimate of drug-likeness (QED) is 0.702. The molecule has 11 heteroatoms. The van der Waals surface area contributed by atoms with E-state index < -0.39 is 40.7 Å². The second kappa shape index (κ2) is 7.57. The van der Waals surface area contributed by atoms with E-state index in [0.29, 0.717) is 0 Å². The average Bonchev–Trinajstić information content (AvgIpc) is 2.37. The third-order valence-electron chi connectivity index (χ3n) is 3.36. The van der Waals surface area contributed by atoms with Crippen LogP contribution in [0, 0.1) is 5.92 Å². The van der Waals surface area contributed by atoms with Gasteiger partial charge in [0.25, 0.3) is 10.2 Å². The summed E-state index contributed by atoms with van der Waals surface area (Å²) in [5.74, 6) is -2.71. The average molecular weight is 348 g/mol. The Morgan fingerprint density at radius 2 is 1.95 bits per heavy atom. The van der Waals surface area contributed by atoms with Crippen molar-refractivity contribution >= 4 is 16.2 Å². The predicted octanol–water partition coefficient (Wildman–Crippen LogP) is 0.585. The number of carboxylic acids is 1. The summed E-state index contributed by atoms with van der Waals surface area (Å²) < 4.78 is 69.7. The zero-order chi connectivity index (χ0) is 17.0. The molecule has 1 aliphatic heterocycles. The van der Waals surface area contributed by atoms with Crippen molar-refractivity contribution in [2.45, 2.75) is 31.5 Å². The molecule has 0 unspecified atom stereocenters. The van der Waals surface area contributed by atoms with Gasteiger partial charge < -0.3 is 9.84 Å². The van der Waals surface area contributed by atoms with Gasteiger partial charge in [0.1, 0.15) is 0 Å². The summed E-state index contributed by atoms with van der Waals surface area (Å²) >= 11 is 0. The van der Waals surface area contributed by atoms with Crippen molar-refractivity contribution in [3.8, 4) is 0 Å². The molecule has 1 atom stereocenters. The molecule has 1 saturated heterocycles. The molecule has 0 saturated carbocycles. The Labute approximate surface area is 126 Å². The predicted molar refractivity (Wildman–Crippen MR) is 70.3 cm³/mol. The zero-order valence-electron chi connectivity index (χ0n) is 12.0. The molecular weight excluding hydrogens is 329 g/mol. The van der Waals surface area contributed by atoms with E-state index in [-0.39, 0.29) is 32.5 Å². The molecule has 0 aromatic heterocycles. The molecule has 2 N–H and O–H groups in total. The molecule has 0 bridgehead atoms. The molecule has 0 aromatic carbocycles. The van der Waals surface area contributed by atoms with Crippen molar-refractivity contribution in [1.82, 2.24) is 9.03 Å². The lowest BCUT2D eigenvalue weighted by Gasteiger charge is -2.33. The summed E-state index contributed by atoms with van der Waals surface area (Å²) in [7, 11) is -2.76. The van der Waals surface area contributed by atoms with E-state index in [4.69, 9.17) is 9.84 Å². The molecule has 0 aromatic rings. The highest BCUT2D eigenvalue weighted by atomic mass is 32.2. The minimum atomic E-state index is -4.33. The van der Waals surface area contributed by atoms with E-state index in [1.54, 1.807) is 0 Å². The first-order chi connectivity index (χ1) is 10.1. The van der Waals surface area contributed by atoms with Gasteiger partial charge in [-0.25, -0.2) is 0 Å². The number of carbonyl (C=O) groups is 1. The fraction of sp³-hybridized carbons (Fsp3) is 0.909. The molecule has 1 fully saturated rings. The van der Waals surface area contributed by atoms with Crippen molar-refractivity contribution in [2.75, 3.05) is 26.8 Å². The van der Waals surface area contributed by atoms with Crippen LogP contribution in [0.4, 0.5) is 13.2 Å². The Kier molecular flexibility index (Phi) is 6.59. The Hall–Kier alpha value is -0.910.